The molecule has 0 saturated heterocycles. The van der Waals surface area contributed by atoms with Crippen molar-refractivity contribution < 1.29 is 9.84 Å². The van der Waals surface area contributed by atoms with Crippen LogP contribution in [0.2, 0.25) is 0 Å². The zero-order valence-corrected chi connectivity index (χ0v) is 13.1. The summed E-state index contributed by atoms with van der Waals surface area (Å²) in [4.78, 5) is 0. The summed E-state index contributed by atoms with van der Waals surface area (Å²) in [6.45, 7) is 8.18. The van der Waals surface area contributed by atoms with Crippen molar-refractivity contribution >= 4 is 10.8 Å². The number of rotatable bonds is 7. The Morgan fingerprint density at radius 3 is 2.57 bits per heavy atom. The zero-order chi connectivity index (χ0) is 15.2. The van der Waals surface area contributed by atoms with Crippen molar-refractivity contribution in [3.8, 4) is 5.75 Å². The Morgan fingerprint density at radius 1 is 1.10 bits per heavy atom. The summed E-state index contributed by atoms with van der Waals surface area (Å²) >= 11 is 0. The SMILES string of the molecule is CC(C)CNCc1c(OCC(C)O)ccc2ccccc12. The molecule has 2 aromatic carbocycles. The highest BCUT2D eigenvalue weighted by atomic mass is 16.5. The van der Waals surface area contributed by atoms with Crippen molar-refractivity contribution in [2.24, 2.45) is 5.92 Å². The highest BCUT2D eigenvalue weighted by Gasteiger charge is 2.10. The Morgan fingerprint density at radius 2 is 1.86 bits per heavy atom. The van der Waals surface area contributed by atoms with E-state index in [0.717, 1.165) is 24.4 Å². The predicted octanol–water partition coefficient (Wildman–Crippen LogP) is 3.35. The molecule has 0 heterocycles. The number of fused-ring (bicyclic) bond motifs is 1. The summed E-state index contributed by atoms with van der Waals surface area (Å²) in [5.74, 6) is 1.47. The van der Waals surface area contributed by atoms with Crippen LogP contribution in [0.4, 0.5) is 0 Å². The van der Waals surface area contributed by atoms with Crippen LogP contribution in [0.5, 0.6) is 5.75 Å². The van der Waals surface area contributed by atoms with Crippen LogP contribution in [0.25, 0.3) is 10.8 Å². The molecule has 2 N–H and O–H groups in total. The quantitative estimate of drug-likeness (QED) is 0.820. The van der Waals surface area contributed by atoms with Gasteiger partial charge in [0, 0.05) is 12.1 Å². The fraction of sp³-hybridized carbons (Fsp3) is 0.444. The van der Waals surface area contributed by atoms with E-state index in [9.17, 15) is 5.11 Å². The molecule has 2 aromatic rings. The van der Waals surface area contributed by atoms with Crippen molar-refractivity contribution in [2.75, 3.05) is 13.2 Å². The normalized spacial score (nSPS) is 12.8. The lowest BCUT2D eigenvalue weighted by molar-refractivity contribution is 0.122. The van der Waals surface area contributed by atoms with E-state index in [1.807, 2.05) is 18.2 Å². The van der Waals surface area contributed by atoms with Gasteiger partial charge < -0.3 is 15.2 Å². The van der Waals surface area contributed by atoms with Crippen LogP contribution in [-0.2, 0) is 6.54 Å². The number of aliphatic hydroxyl groups excluding tert-OH is 1. The van der Waals surface area contributed by atoms with E-state index in [1.54, 1.807) is 6.92 Å². The molecule has 3 nitrogen and oxygen atoms in total. The first kappa shape index (κ1) is 15.8. The third-order valence-electron chi connectivity index (χ3n) is 3.33. The minimum atomic E-state index is -0.465. The summed E-state index contributed by atoms with van der Waals surface area (Å²) in [5.41, 5.74) is 1.16. The lowest BCUT2D eigenvalue weighted by atomic mass is 10.0. The number of nitrogens with one attached hydrogen (secondary N) is 1. The lowest BCUT2D eigenvalue weighted by Gasteiger charge is -2.16. The Kier molecular flexibility index (Phi) is 5.59. The van der Waals surface area contributed by atoms with Gasteiger partial charge in [-0.2, -0.15) is 0 Å². The first-order valence-corrected chi connectivity index (χ1v) is 7.60. The van der Waals surface area contributed by atoms with Gasteiger partial charge >= 0.3 is 0 Å². The van der Waals surface area contributed by atoms with Gasteiger partial charge in [0.2, 0.25) is 0 Å². The topological polar surface area (TPSA) is 41.5 Å². The summed E-state index contributed by atoms with van der Waals surface area (Å²) in [5, 5.41) is 15.3. The van der Waals surface area contributed by atoms with Gasteiger partial charge in [-0.1, -0.05) is 44.2 Å². The molecule has 3 heteroatoms. The average Bonchev–Trinajstić information content (AvgIpc) is 2.45. The molecule has 0 aliphatic carbocycles. The Balaban J connectivity index is 2.28. The van der Waals surface area contributed by atoms with Gasteiger partial charge in [0.25, 0.3) is 0 Å². The third-order valence-corrected chi connectivity index (χ3v) is 3.33. The van der Waals surface area contributed by atoms with Crippen molar-refractivity contribution in [1.82, 2.24) is 5.32 Å². The monoisotopic (exact) mass is 287 g/mol. The maximum atomic E-state index is 9.43. The van der Waals surface area contributed by atoms with Crippen molar-refractivity contribution in [1.29, 1.82) is 0 Å². The van der Waals surface area contributed by atoms with Crippen molar-refractivity contribution in [3.63, 3.8) is 0 Å². The van der Waals surface area contributed by atoms with Gasteiger partial charge in [-0.25, -0.2) is 0 Å². The van der Waals surface area contributed by atoms with Crippen LogP contribution in [0.15, 0.2) is 36.4 Å². The Hall–Kier alpha value is -1.58. The predicted molar refractivity (Wildman–Crippen MR) is 87.7 cm³/mol. The lowest BCUT2D eigenvalue weighted by Crippen LogP contribution is -2.20. The van der Waals surface area contributed by atoms with Crippen LogP contribution in [0, 0.1) is 5.92 Å². The molecule has 0 amide bonds. The molecule has 0 spiro atoms. The molecule has 1 unspecified atom stereocenters. The highest BCUT2D eigenvalue weighted by molar-refractivity contribution is 5.87. The molecule has 0 aromatic heterocycles. The van der Waals surface area contributed by atoms with E-state index in [1.165, 1.54) is 10.8 Å². The van der Waals surface area contributed by atoms with Gasteiger partial charge in [-0.3, -0.25) is 0 Å². The standard InChI is InChI=1S/C18H25NO2/c1-13(2)10-19-11-17-16-7-5-4-6-15(16)8-9-18(17)21-12-14(3)20/h4-9,13-14,19-20H,10-12H2,1-3H3. The second-order valence-corrected chi connectivity index (χ2v) is 5.95. The molecule has 0 saturated carbocycles. The van der Waals surface area contributed by atoms with Gasteiger partial charge in [0.1, 0.15) is 12.4 Å². The van der Waals surface area contributed by atoms with Crippen molar-refractivity contribution in [3.05, 3.63) is 42.0 Å². The number of aliphatic hydroxyl groups is 1. The highest BCUT2D eigenvalue weighted by Crippen LogP contribution is 2.28. The fourth-order valence-electron chi connectivity index (χ4n) is 2.33. The molecular weight excluding hydrogens is 262 g/mol. The van der Waals surface area contributed by atoms with E-state index in [0.29, 0.717) is 12.5 Å². The maximum Gasteiger partial charge on any atom is 0.124 e. The first-order chi connectivity index (χ1) is 10.1. The minimum Gasteiger partial charge on any atom is -0.491 e. The Labute approximate surface area is 126 Å². The summed E-state index contributed by atoms with van der Waals surface area (Å²) < 4.78 is 5.77. The molecule has 1 atom stereocenters. The molecule has 0 radical (unpaired) electrons. The van der Waals surface area contributed by atoms with E-state index in [-0.39, 0.29) is 0 Å². The molecule has 21 heavy (non-hydrogen) atoms. The second kappa shape index (κ2) is 7.43. The van der Waals surface area contributed by atoms with Gasteiger partial charge in [0.15, 0.2) is 0 Å². The van der Waals surface area contributed by atoms with Crippen molar-refractivity contribution in [2.45, 2.75) is 33.4 Å². The minimum absolute atomic E-state index is 0.315. The van der Waals surface area contributed by atoms with Crippen LogP contribution < -0.4 is 10.1 Å². The van der Waals surface area contributed by atoms with Crippen LogP contribution in [0.3, 0.4) is 0 Å². The summed E-state index contributed by atoms with van der Waals surface area (Å²) in [6.07, 6.45) is -0.465. The maximum absolute atomic E-state index is 9.43. The van der Waals surface area contributed by atoms with Gasteiger partial charge in [0.05, 0.1) is 6.10 Å². The smallest absolute Gasteiger partial charge is 0.124 e. The summed E-state index contributed by atoms with van der Waals surface area (Å²) in [7, 11) is 0. The zero-order valence-electron chi connectivity index (χ0n) is 13.1. The number of hydrogen-bond acceptors (Lipinski definition) is 3. The number of ether oxygens (including phenoxy) is 1. The fourth-order valence-corrected chi connectivity index (χ4v) is 2.33. The molecule has 0 aliphatic rings. The number of benzene rings is 2. The Bertz CT molecular complexity index is 578. The second-order valence-electron chi connectivity index (χ2n) is 5.95. The summed E-state index contributed by atoms with van der Waals surface area (Å²) in [6, 6.07) is 12.4. The largest absolute Gasteiger partial charge is 0.491 e. The third kappa shape index (κ3) is 4.45. The van der Waals surface area contributed by atoms with Crippen LogP contribution in [0.1, 0.15) is 26.3 Å². The molecule has 0 aliphatic heterocycles. The van der Waals surface area contributed by atoms with Crippen LogP contribution in [-0.4, -0.2) is 24.4 Å². The van der Waals surface area contributed by atoms with E-state index in [4.69, 9.17) is 4.74 Å². The number of hydrogen-bond donors (Lipinski definition) is 2. The molecule has 0 bridgehead atoms. The van der Waals surface area contributed by atoms with E-state index < -0.39 is 6.10 Å². The molecule has 2 rings (SSSR count). The molecule has 114 valence electrons. The average molecular weight is 287 g/mol. The van der Waals surface area contributed by atoms with Crippen LogP contribution >= 0.6 is 0 Å². The van der Waals surface area contributed by atoms with E-state index >= 15 is 0 Å². The van der Waals surface area contributed by atoms with Gasteiger partial charge in [-0.15, -0.1) is 0 Å². The molecule has 0 fully saturated rings. The van der Waals surface area contributed by atoms with E-state index in [2.05, 4.69) is 37.4 Å². The molecular formula is C18H25NO2. The van der Waals surface area contributed by atoms with Gasteiger partial charge in [-0.05, 0) is 36.2 Å². The first-order valence-electron chi connectivity index (χ1n) is 7.60.